The lowest BCUT2D eigenvalue weighted by molar-refractivity contribution is 0.108. The van der Waals surface area contributed by atoms with Crippen LogP contribution in [0.5, 0.6) is 0 Å². The van der Waals surface area contributed by atoms with Crippen LogP contribution in [0.25, 0.3) is 0 Å². The summed E-state index contributed by atoms with van der Waals surface area (Å²) < 4.78 is 0. The van der Waals surface area contributed by atoms with E-state index in [4.69, 9.17) is 0 Å². The van der Waals surface area contributed by atoms with Gasteiger partial charge in [-0.3, -0.25) is 4.90 Å². The van der Waals surface area contributed by atoms with Crippen LogP contribution in [-0.2, 0) is 0 Å². The van der Waals surface area contributed by atoms with Crippen molar-refractivity contribution in [1.82, 2.24) is 10.2 Å². The third kappa shape index (κ3) is 2.93. The van der Waals surface area contributed by atoms with E-state index >= 15 is 0 Å². The van der Waals surface area contributed by atoms with Crippen LogP contribution in [0, 0.1) is 5.92 Å². The van der Waals surface area contributed by atoms with Crippen LogP contribution >= 0.6 is 0 Å². The number of hydrogen-bond donors (Lipinski definition) is 2. The first-order valence-electron chi connectivity index (χ1n) is 5.24. The number of aliphatic hydroxyl groups is 1. The zero-order valence-electron chi connectivity index (χ0n) is 8.95. The van der Waals surface area contributed by atoms with Gasteiger partial charge in [0.15, 0.2) is 0 Å². The molecule has 3 heteroatoms. The Balaban J connectivity index is 2.40. The first kappa shape index (κ1) is 11.0. The molecule has 3 nitrogen and oxygen atoms in total. The molecule has 1 saturated heterocycles. The summed E-state index contributed by atoms with van der Waals surface area (Å²) in [5.41, 5.74) is 0. The molecule has 0 saturated carbocycles. The molecule has 0 aromatic heterocycles. The van der Waals surface area contributed by atoms with Crippen LogP contribution in [0.15, 0.2) is 0 Å². The van der Waals surface area contributed by atoms with Crippen LogP contribution in [0.1, 0.15) is 20.3 Å². The van der Waals surface area contributed by atoms with Gasteiger partial charge in [0, 0.05) is 19.1 Å². The lowest BCUT2D eigenvalue weighted by Gasteiger charge is -2.29. The summed E-state index contributed by atoms with van der Waals surface area (Å²) in [6.07, 6.45) is 1.00. The van der Waals surface area contributed by atoms with Gasteiger partial charge in [0.1, 0.15) is 0 Å². The highest BCUT2D eigenvalue weighted by Gasteiger charge is 2.28. The van der Waals surface area contributed by atoms with E-state index in [0.717, 1.165) is 25.6 Å². The molecule has 3 unspecified atom stereocenters. The molecule has 13 heavy (non-hydrogen) atoms. The topological polar surface area (TPSA) is 35.5 Å². The van der Waals surface area contributed by atoms with E-state index in [-0.39, 0.29) is 6.10 Å². The van der Waals surface area contributed by atoms with Gasteiger partial charge in [0.2, 0.25) is 0 Å². The standard InChI is InChI=1S/C10H22N2O/c1-4-9-5-11-6-10(9)12(3)7-8(2)13/h8-11,13H,4-7H2,1-3H3. The number of rotatable bonds is 4. The predicted molar refractivity (Wildman–Crippen MR) is 54.7 cm³/mol. The highest BCUT2D eigenvalue weighted by Crippen LogP contribution is 2.17. The van der Waals surface area contributed by atoms with Crippen LogP contribution < -0.4 is 5.32 Å². The summed E-state index contributed by atoms with van der Waals surface area (Å²) >= 11 is 0. The van der Waals surface area contributed by atoms with Gasteiger partial charge in [0.05, 0.1) is 6.10 Å². The molecule has 1 rings (SSSR count). The summed E-state index contributed by atoms with van der Waals surface area (Å²) in [4.78, 5) is 2.28. The highest BCUT2D eigenvalue weighted by molar-refractivity contribution is 4.87. The first-order chi connectivity index (χ1) is 6.15. The van der Waals surface area contributed by atoms with Crippen molar-refractivity contribution in [2.45, 2.75) is 32.4 Å². The van der Waals surface area contributed by atoms with Gasteiger partial charge >= 0.3 is 0 Å². The number of aliphatic hydroxyl groups excluding tert-OH is 1. The Labute approximate surface area is 81.1 Å². The van der Waals surface area contributed by atoms with E-state index < -0.39 is 0 Å². The molecule has 0 radical (unpaired) electrons. The monoisotopic (exact) mass is 186 g/mol. The summed E-state index contributed by atoms with van der Waals surface area (Å²) in [7, 11) is 2.10. The predicted octanol–water partition coefficient (Wildman–Crippen LogP) is 0.297. The molecule has 1 aliphatic heterocycles. The minimum Gasteiger partial charge on any atom is -0.392 e. The maximum absolute atomic E-state index is 9.28. The smallest absolute Gasteiger partial charge is 0.0639 e. The number of hydrogen-bond acceptors (Lipinski definition) is 3. The van der Waals surface area contributed by atoms with E-state index in [2.05, 4.69) is 24.2 Å². The first-order valence-corrected chi connectivity index (χ1v) is 5.24. The third-order valence-corrected chi connectivity index (χ3v) is 2.95. The molecule has 0 spiro atoms. The van der Waals surface area contributed by atoms with E-state index in [1.54, 1.807) is 0 Å². The SMILES string of the molecule is CCC1CNCC1N(C)CC(C)O. The molecule has 0 aliphatic carbocycles. The van der Waals surface area contributed by atoms with Gasteiger partial charge < -0.3 is 10.4 Å². The zero-order valence-corrected chi connectivity index (χ0v) is 8.95. The van der Waals surface area contributed by atoms with E-state index in [1.807, 2.05) is 6.92 Å². The fourth-order valence-corrected chi connectivity index (χ4v) is 2.20. The average molecular weight is 186 g/mol. The van der Waals surface area contributed by atoms with Crippen molar-refractivity contribution < 1.29 is 5.11 Å². The van der Waals surface area contributed by atoms with Crippen molar-refractivity contribution in [3.8, 4) is 0 Å². The Morgan fingerprint density at radius 3 is 2.77 bits per heavy atom. The Hall–Kier alpha value is -0.120. The summed E-state index contributed by atoms with van der Waals surface area (Å²) in [5.74, 6) is 0.753. The third-order valence-electron chi connectivity index (χ3n) is 2.95. The Kier molecular flexibility index (Phi) is 4.16. The average Bonchev–Trinajstić information content (AvgIpc) is 2.49. The Morgan fingerprint density at radius 1 is 1.54 bits per heavy atom. The summed E-state index contributed by atoms with van der Waals surface area (Å²) in [6, 6.07) is 0.611. The second-order valence-electron chi connectivity index (χ2n) is 4.18. The molecular formula is C10H22N2O. The fourth-order valence-electron chi connectivity index (χ4n) is 2.20. The summed E-state index contributed by atoms with van der Waals surface area (Å²) in [5, 5.41) is 12.7. The second-order valence-corrected chi connectivity index (χ2v) is 4.18. The number of nitrogens with one attached hydrogen (secondary N) is 1. The fraction of sp³-hybridized carbons (Fsp3) is 1.00. The van der Waals surface area contributed by atoms with Gasteiger partial charge in [-0.25, -0.2) is 0 Å². The van der Waals surface area contributed by atoms with Gasteiger partial charge in [-0.15, -0.1) is 0 Å². The Morgan fingerprint density at radius 2 is 2.23 bits per heavy atom. The maximum Gasteiger partial charge on any atom is 0.0639 e. The van der Waals surface area contributed by atoms with Crippen molar-refractivity contribution in [2.24, 2.45) is 5.92 Å². The molecule has 1 fully saturated rings. The molecule has 1 aliphatic rings. The summed E-state index contributed by atoms with van der Waals surface area (Å²) in [6.45, 7) is 7.07. The van der Waals surface area contributed by atoms with Gasteiger partial charge in [-0.1, -0.05) is 13.3 Å². The molecule has 0 aromatic carbocycles. The minimum atomic E-state index is -0.219. The second kappa shape index (κ2) is 4.94. The molecule has 3 atom stereocenters. The molecule has 0 aromatic rings. The van der Waals surface area contributed by atoms with Gasteiger partial charge in [-0.2, -0.15) is 0 Å². The quantitative estimate of drug-likeness (QED) is 0.663. The molecular weight excluding hydrogens is 164 g/mol. The molecule has 1 heterocycles. The van der Waals surface area contributed by atoms with Crippen molar-refractivity contribution >= 4 is 0 Å². The zero-order chi connectivity index (χ0) is 9.84. The Bertz CT molecular complexity index is 150. The molecule has 0 bridgehead atoms. The lowest BCUT2D eigenvalue weighted by atomic mass is 9.99. The normalized spacial score (nSPS) is 31.2. The van der Waals surface area contributed by atoms with E-state index in [0.29, 0.717) is 6.04 Å². The minimum absolute atomic E-state index is 0.219. The van der Waals surface area contributed by atoms with Crippen molar-refractivity contribution in [2.75, 3.05) is 26.7 Å². The van der Waals surface area contributed by atoms with E-state index in [1.165, 1.54) is 6.42 Å². The largest absolute Gasteiger partial charge is 0.392 e. The van der Waals surface area contributed by atoms with Crippen LogP contribution in [-0.4, -0.2) is 48.8 Å². The lowest BCUT2D eigenvalue weighted by Crippen LogP contribution is -2.41. The van der Waals surface area contributed by atoms with E-state index in [9.17, 15) is 5.11 Å². The van der Waals surface area contributed by atoms with Crippen LogP contribution in [0.3, 0.4) is 0 Å². The number of likely N-dealkylation sites (N-methyl/N-ethyl adjacent to an activating group) is 1. The molecule has 2 N–H and O–H groups in total. The van der Waals surface area contributed by atoms with Crippen molar-refractivity contribution in [3.05, 3.63) is 0 Å². The number of nitrogens with zero attached hydrogens (tertiary/aromatic N) is 1. The van der Waals surface area contributed by atoms with Crippen LogP contribution in [0.4, 0.5) is 0 Å². The van der Waals surface area contributed by atoms with Crippen molar-refractivity contribution in [3.63, 3.8) is 0 Å². The highest BCUT2D eigenvalue weighted by atomic mass is 16.3. The van der Waals surface area contributed by atoms with Crippen molar-refractivity contribution in [1.29, 1.82) is 0 Å². The van der Waals surface area contributed by atoms with Gasteiger partial charge in [-0.05, 0) is 26.4 Å². The maximum atomic E-state index is 9.28. The molecule has 0 amide bonds. The van der Waals surface area contributed by atoms with Crippen LogP contribution in [0.2, 0.25) is 0 Å². The van der Waals surface area contributed by atoms with Gasteiger partial charge in [0.25, 0.3) is 0 Å². The molecule has 78 valence electrons.